The van der Waals surface area contributed by atoms with Crippen LogP contribution in [0.15, 0.2) is 17.8 Å². The van der Waals surface area contributed by atoms with Gasteiger partial charge in [0.2, 0.25) is 0 Å². The molecule has 0 saturated carbocycles. The van der Waals surface area contributed by atoms with Gasteiger partial charge >= 0.3 is 5.97 Å². The molecule has 3 rings (SSSR count). The van der Waals surface area contributed by atoms with E-state index in [4.69, 9.17) is 9.84 Å². The minimum absolute atomic E-state index is 0.241. The van der Waals surface area contributed by atoms with Crippen molar-refractivity contribution >= 4 is 33.3 Å². The number of hydrogen-bond donors (Lipinski definition) is 2. The molecule has 0 radical (unpaired) electrons. The molecule has 7 heteroatoms. The van der Waals surface area contributed by atoms with Gasteiger partial charge < -0.3 is 15.2 Å². The maximum atomic E-state index is 11.1. The van der Waals surface area contributed by atoms with Crippen LogP contribution in [0.25, 0.3) is 10.2 Å². The minimum atomic E-state index is -0.847. The molecule has 2 unspecified atom stereocenters. The summed E-state index contributed by atoms with van der Waals surface area (Å²) in [6.07, 6.45) is 1.48. The first kappa shape index (κ1) is 11.4. The summed E-state index contributed by atoms with van der Waals surface area (Å²) in [6.45, 7) is 0.622. The SMILES string of the molecule is O=C(O)C1COCC1Nc1ncnc2sccc12. The summed E-state index contributed by atoms with van der Waals surface area (Å²) in [5.74, 6) is -0.711. The van der Waals surface area contributed by atoms with E-state index in [-0.39, 0.29) is 12.6 Å². The molecule has 94 valence electrons. The van der Waals surface area contributed by atoms with Crippen molar-refractivity contribution in [1.29, 1.82) is 0 Å². The molecule has 2 aromatic rings. The first-order chi connectivity index (χ1) is 8.75. The number of fused-ring (bicyclic) bond motifs is 1. The number of aliphatic carboxylic acids is 1. The Morgan fingerprint density at radius 1 is 1.50 bits per heavy atom. The lowest BCUT2D eigenvalue weighted by molar-refractivity contribution is -0.141. The molecule has 1 fully saturated rings. The van der Waals surface area contributed by atoms with Crippen LogP contribution in [-0.2, 0) is 9.53 Å². The van der Waals surface area contributed by atoms with Crippen LogP contribution < -0.4 is 5.32 Å². The van der Waals surface area contributed by atoms with E-state index in [0.717, 1.165) is 10.2 Å². The Kier molecular flexibility index (Phi) is 2.85. The average Bonchev–Trinajstić information content (AvgIpc) is 2.96. The zero-order chi connectivity index (χ0) is 12.5. The normalized spacial score (nSPS) is 23.3. The molecule has 1 saturated heterocycles. The fourth-order valence-corrected chi connectivity index (χ4v) is 2.75. The van der Waals surface area contributed by atoms with Gasteiger partial charge in [0.15, 0.2) is 0 Å². The van der Waals surface area contributed by atoms with E-state index >= 15 is 0 Å². The quantitative estimate of drug-likeness (QED) is 0.867. The molecule has 0 amide bonds. The Hall–Kier alpha value is -1.73. The molecular weight excluding hydrogens is 254 g/mol. The number of carbonyl (C=O) groups is 1. The summed E-state index contributed by atoms with van der Waals surface area (Å²) in [5.41, 5.74) is 0. The van der Waals surface area contributed by atoms with Gasteiger partial charge in [0, 0.05) is 0 Å². The third kappa shape index (κ3) is 1.91. The van der Waals surface area contributed by atoms with Crippen molar-refractivity contribution in [1.82, 2.24) is 9.97 Å². The highest BCUT2D eigenvalue weighted by atomic mass is 32.1. The lowest BCUT2D eigenvalue weighted by Crippen LogP contribution is -2.33. The fourth-order valence-electron chi connectivity index (χ4n) is 2.02. The van der Waals surface area contributed by atoms with Crippen LogP contribution in [0.5, 0.6) is 0 Å². The van der Waals surface area contributed by atoms with Crippen LogP contribution >= 0.6 is 11.3 Å². The van der Waals surface area contributed by atoms with Crippen LogP contribution in [0.1, 0.15) is 0 Å². The molecule has 0 aromatic carbocycles. The summed E-state index contributed by atoms with van der Waals surface area (Å²) < 4.78 is 5.21. The van der Waals surface area contributed by atoms with E-state index in [9.17, 15) is 4.79 Å². The lowest BCUT2D eigenvalue weighted by Gasteiger charge is -2.16. The second-order valence-corrected chi connectivity index (χ2v) is 4.99. The predicted octanol–water partition coefficient (Wildman–Crippen LogP) is 1.20. The van der Waals surface area contributed by atoms with Gasteiger partial charge in [0.25, 0.3) is 0 Å². The first-order valence-electron chi connectivity index (χ1n) is 5.51. The van der Waals surface area contributed by atoms with Crippen LogP contribution in [-0.4, -0.2) is 40.3 Å². The monoisotopic (exact) mass is 265 g/mol. The molecular formula is C11H11N3O3S. The Morgan fingerprint density at radius 2 is 2.39 bits per heavy atom. The largest absolute Gasteiger partial charge is 0.481 e. The molecule has 1 aliphatic heterocycles. The summed E-state index contributed by atoms with van der Waals surface area (Å²) in [4.78, 5) is 20.3. The van der Waals surface area contributed by atoms with Crippen molar-refractivity contribution in [2.24, 2.45) is 5.92 Å². The molecule has 6 nitrogen and oxygen atoms in total. The molecule has 0 spiro atoms. The highest BCUT2D eigenvalue weighted by molar-refractivity contribution is 7.16. The number of thiophene rings is 1. The topological polar surface area (TPSA) is 84.3 Å². The maximum Gasteiger partial charge on any atom is 0.311 e. The summed E-state index contributed by atoms with van der Waals surface area (Å²) in [7, 11) is 0. The Balaban J connectivity index is 1.88. The lowest BCUT2D eigenvalue weighted by atomic mass is 10.0. The van der Waals surface area contributed by atoms with Crippen LogP contribution in [0.3, 0.4) is 0 Å². The number of carboxylic acid groups (broad SMARTS) is 1. The molecule has 3 heterocycles. The molecule has 2 aromatic heterocycles. The number of ether oxygens (including phenoxy) is 1. The predicted molar refractivity (Wildman–Crippen MR) is 66.8 cm³/mol. The van der Waals surface area contributed by atoms with E-state index in [1.807, 2.05) is 11.4 Å². The first-order valence-corrected chi connectivity index (χ1v) is 6.39. The van der Waals surface area contributed by atoms with Crippen molar-refractivity contribution in [3.05, 3.63) is 17.8 Å². The Bertz CT molecular complexity index is 586. The molecule has 2 N–H and O–H groups in total. The van der Waals surface area contributed by atoms with Gasteiger partial charge in [-0.2, -0.15) is 0 Å². The van der Waals surface area contributed by atoms with Crippen molar-refractivity contribution < 1.29 is 14.6 Å². The number of hydrogen-bond acceptors (Lipinski definition) is 6. The second kappa shape index (κ2) is 4.51. The van der Waals surface area contributed by atoms with Gasteiger partial charge in [-0.05, 0) is 11.4 Å². The van der Waals surface area contributed by atoms with Gasteiger partial charge in [-0.15, -0.1) is 11.3 Å². The van der Waals surface area contributed by atoms with Crippen LogP contribution in [0.4, 0.5) is 5.82 Å². The van der Waals surface area contributed by atoms with E-state index in [0.29, 0.717) is 12.4 Å². The third-order valence-corrected chi connectivity index (χ3v) is 3.80. The Morgan fingerprint density at radius 3 is 3.22 bits per heavy atom. The highest BCUT2D eigenvalue weighted by Crippen LogP contribution is 2.26. The number of nitrogens with one attached hydrogen (secondary N) is 1. The maximum absolute atomic E-state index is 11.1. The highest BCUT2D eigenvalue weighted by Gasteiger charge is 2.34. The van der Waals surface area contributed by atoms with Crippen molar-refractivity contribution in [2.75, 3.05) is 18.5 Å². The zero-order valence-electron chi connectivity index (χ0n) is 9.37. The number of anilines is 1. The number of rotatable bonds is 3. The summed E-state index contributed by atoms with van der Waals surface area (Å²) in [6, 6.07) is 1.67. The molecule has 1 aliphatic rings. The van der Waals surface area contributed by atoms with Gasteiger partial charge in [0.05, 0.1) is 24.6 Å². The number of nitrogens with zero attached hydrogens (tertiary/aromatic N) is 2. The summed E-state index contributed by atoms with van der Waals surface area (Å²) in [5, 5.41) is 15.1. The standard InChI is InChI=1S/C11H11N3O3S/c15-11(16)7-3-17-4-8(7)14-9-6-1-2-18-10(6)13-5-12-9/h1-2,5,7-8H,3-4H2,(H,15,16)(H,12,13,14). The molecule has 0 aliphatic carbocycles. The average molecular weight is 265 g/mol. The van der Waals surface area contributed by atoms with Gasteiger partial charge in [-0.3, -0.25) is 4.79 Å². The van der Waals surface area contributed by atoms with Crippen molar-refractivity contribution in [2.45, 2.75) is 6.04 Å². The van der Waals surface area contributed by atoms with Gasteiger partial charge in [-0.1, -0.05) is 0 Å². The van der Waals surface area contributed by atoms with E-state index in [2.05, 4.69) is 15.3 Å². The Labute approximate surface area is 107 Å². The molecule has 18 heavy (non-hydrogen) atoms. The minimum Gasteiger partial charge on any atom is -0.481 e. The number of aromatic nitrogens is 2. The van der Waals surface area contributed by atoms with Crippen LogP contribution in [0, 0.1) is 5.92 Å². The van der Waals surface area contributed by atoms with Crippen molar-refractivity contribution in [3.8, 4) is 0 Å². The van der Waals surface area contributed by atoms with Gasteiger partial charge in [-0.25, -0.2) is 9.97 Å². The van der Waals surface area contributed by atoms with E-state index in [1.165, 1.54) is 17.7 Å². The van der Waals surface area contributed by atoms with E-state index < -0.39 is 11.9 Å². The number of carboxylic acids is 1. The second-order valence-electron chi connectivity index (χ2n) is 4.09. The van der Waals surface area contributed by atoms with Gasteiger partial charge in [0.1, 0.15) is 22.9 Å². The third-order valence-electron chi connectivity index (χ3n) is 2.98. The van der Waals surface area contributed by atoms with Crippen LogP contribution in [0.2, 0.25) is 0 Å². The fraction of sp³-hybridized carbons (Fsp3) is 0.364. The van der Waals surface area contributed by atoms with Crippen molar-refractivity contribution in [3.63, 3.8) is 0 Å². The molecule has 0 bridgehead atoms. The summed E-state index contributed by atoms with van der Waals surface area (Å²) >= 11 is 1.53. The smallest absolute Gasteiger partial charge is 0.311 e. The molecule has 2 atom stereocenters. The zero-order valence-corrected chi connectivity index (χ0v) is 10.2. The van der Waals surface area contributed by atoms with E-state index in [1.54, 1.807) is 0 Å².